The lowest BCUT2D eigenvalue weighted by molar-refractivity contribution is -0.128. The molecule has 1 heterocycles. The largest absolute Gasteiger partial charge is 0.481 e. The highest BCUT2D eigenvalue weighted by Crippen LogP contribution is 2.21. The first kappa shape index (κ1) is 20.1. The summed E-state index contributed by atoms with van der Waals surface area (Å²) in [6, 6.07) is 23.2. The lowest BCUT2D eigenvalue weighted by atomic mass is 10.1. The average molecular weight is 415 g/mol. The van der Waals surface area contributed by atoms with Crippen LogP contribution in [0.3, 0.4) is 0 Å². The molecule has 2 amide bonds. The molecule has 0 fully saturated rings. The average Bonchev–Trinajstić information content (AvgIpc) is 3.26. The zero-order chi connectivity index (χ0) is 21.6. The van der Waals surface area contributed by atoms with Gasteiger partial charge in [-0.2, -0.15) is 0 Å². The van der Waals surface area contributed by atoms with E-state index in [0.29, 0.717) is 12.3 Å². The molecular weight excluding hydrogens is 394 g/mol. The summed E-state index contributed by atoms with van der Waals surface area (Å²) in [4.78, 5) is 24.6. The number of carbonyl (C=O) groups is 2. The van der Waals surface area contributed by atoms with Crippen molar-refractivity contribution in [3.05, 3.63) is 90.3 Å². The molecule has 156 valence electrons. The Morgan fingerprint density at radius 1 is 0.968 bits per heavy atom. The predicted molar refractivity (Wildman–Crippen MR) is 115 cm³/mol. The quantitative estimate of drug-likeness (QED) is 0.472. The zero-order valence-electron chi connectivity index (χ0n) is 16.9. The third kappa shape index (κ3) is 5.05. The van der Waals surface area contributed by atoms with Gasteiger partial charge in [0.1, 0.15) is 5.75 Å². The van der Waals surface area contributed by atoms with Crippen molar-refractivity contribution in [1.29, 1.82) is 0 Å². The van der Waals surface area contributed by atoms with Crippen LogP contribution in [0.25, 0.3) is 10.8 Å². The van der Waals surface area contributed by atoms with Gasteiger partial charge in [0.05, 0.1) is 12.7 Å². The molecule has 0 bridgehead atoms. The molecule has 0 aliphatic heterocycles. The van der Waals surface area contributed by atoms with E-state index in [0.717, 1.165) is 16.3 Å². The Morgan fingerprint density at radius 3 is 2.52 bits per heavy atom. The summed E-state index contributed by atoms with van der Waals surface area (Å²) in [5, 5.41) is 9.89. The number of hydrogen-bond donors (Lipinski definition) is 2. The van der Waals surface area contributed by atoms with Crippen LogP contribution < -0.4 is 15.6 Å². The fraction of sp³-hybridized carbons (Fsp3) is 0.130. The highest BCUT2D eigenvalue weighted by Gasteiger charge is 2.17. The molecule has 31 heavy (non-hydrogen) atoms. The number of aromatic nitrogens is 3. The Kier molecular flexibility index (Phi) is 5.89. The van der Waals surface area contributed by atoms with Crippen LogP contribution in [0.15, 0.2) is 79.0 Å². The van der Waals surface area contributed by atoms with Crippen molar-refractivity contribution < 1.29 is 14.3 Å². The van der Waals surface area contributed by atoms with Gasteiger partial charge in [0.15, 0.2) is 11.8 Å². The highest BCUT2D eigenvalue weighted by atomic mass is 16.5. The Hall–Kier alpha value is -4.20. The van der Waals surface area contributed by atoms with E-state index >= 15 is 0 Å². The molecular formula is C23H21N5O3. The van der Waals surface area contributed by atoms with Crippen LogP contribution in [0.5, 0.6) is 5.75 Å². The van der Waals surface area contributed by atoms with Gasteiger partial charge in [-0.05, 0) is 35.4 Å². The monoisotopic (exact) mass is 415 g/mol. The summed E-state index contributed by atoms with van der Waals surface area (Å²) in [6.45, 7) is 2.09. The number of hydrogen-bond acceptors (Lipinski definition) is 5. The van der Waals surface area contributed by atoms with E-state index in [1.807, 2.05) is 66.7 Å². The molecule has 1 aromatic heterocycles. The fourth-order valence-corrected chi connectivity index (χ4v) is 3.03. The Labute approximate surface area is 178 Å². The van der Waals surface area contributed by atoms with E-state index in [4.69, 9.17) is 4.74 Å². The van der Waals surface area contributed by atoms with Crippen LogP contribution in [0, 0.1) is 0 Å². The van der Waals surface area contributed by atoms with Crippen LogP contribution in [0.1, 0.15) is 23.0 Å². The lowest BCUT2D eigenvalue weighted by Gasteiger charge is -2.15. The van der Waals surface area contributed by atoms with Crippen molar-refractivity contribution in [3.63, 3.8) is 0 Å². The Bertz CT molecular complexity index is 1210. The molecule has 4 rings (SSSR count). The summed E-state index contributed by atoms with van der Waals surface area (Å²) in [5.41, 5.74) is 5.83. The second-order valence-corrected chi connectivity index (χ2v) is 7.00. The third-order valence-corrected chi connectivity index (χ3v) is 4.66. The summed E-state index contributed by atoms with van der Waals surface area (Å²) in [7, 11) is 0. The van der Waals surface area contributed by atoms with Crippen molar-refractivity contribution >= 4 is 22.6 Å². The molecule has 2 N–H and O–H groups in total. The first-order valence-electron chi connectivity index (χ1n) is 9.78. The van der Waals surface area contributed by atoms with Crippen LogP contribution in [-0.2, 0) is 11.3 Å². The lowest BCUT2D eigenvalue weighted by Crippen LogP contribution is -2.47. The number of fused-ring (bicyclic) bond motifs is 1. The summed E-state index contributed by atoms with van der Waals surface area (Å²) < 4.78 is 7.25. The molecule has 1 atom stereocenters. The van der Waals surface area contributed by atoms with E-state index < -0.39 is 17.9 Å². The molecule has 8 heteroatoms. The topological polar surface area (TPSA) is 98.1 Å². The minimum atomic E-state index is -0.810. The zero-order valence-corrected chi connectivity index (χ0v) is 16.9. The van der Waals surface area contributed by atoms with Crippen LogP contribution in [-0.4, -0.2) is 32.9 Å². The third-order valence-electron chi connectivity index (χ3n) is 4.66. The van der Waals surface area contributed by atoms with Crippen molar-refractivity contribution in [1.82, 2.24) is 25.8 Å². The maximum atomic E-state index is 12.3. The van der Waals surface area contributed by atoms with Crippen LogP contribution >= 0.6 is 0 Å². The maximum absolute atomic E-state index is 12.3. The number of benzene rings is 3. The number of hydrazine groups is 1. The normalized spacial score (nSPS) is 11.6. The maximum Gasteiger partial charge on any atom is 0.291 e. The van der Waals surface area contributed by atoms with Gasteiger partial charge in [0.25, 0.3) is 11.8 Å². The molecule has 0 radical (unpaired) electrons. The van der Waals surface area contributed by atoms with E-state index in [-0.39, 0.29) is 5.69 Å². The van der Waals surface area contributed by atoms with E-state index in [2.05, 4.69) is 21.2 Å². The number of amides is 2. The smallest absolute Gasteiger partial charge is 0.291 e. The summed E-state index contributed by atoms with van der Waals surface area (Å²) >= 11 is 0. The molecule has 8 nitrogen and oxygen atoms in total. The number of nitrogens with one attached hydrogen (secondary N) is 2. The fourth-order valence-electron chi connectivity index (χ4n) is 3.03. The molecule has 0 aliphatic carbocycles. The standard InChI is InChI=1S/C23H21N5O3/c1-16(31-20-12-11-18-9-5-6-10-19(18)13-20)22(29)25-26-23(30)21-15-28(27-24-21)14-17-7-3-2-4-8-17/h2-13,15-16H,14H2,1H3,(H,25,29)(H,26,30)/t16-/m0/s1. The van der Waals surface area contributed by atoms with Crippen molar-refractivity contribution in [3.8, 4) is 5.75 Å². The van der Waals surface area contributed by atoms with Gasteiger partial charge >= 0.3 is 0 Å². The number of nitrogens with zero attached hydrogens (tertiary/aromatic N) is 3. The Balaban J connectivity index is 1.30. The van der Waals surface area contributed by atoms with Gasteiger partial charge in [-0.25, -0.2) is 4.68 Å². The van der Waals surface area contributed by atoms with Gasteiger partial charge in [0, 0.05) is 0 Å². The second kappa shape index (κ2) is 9.08. The van der Waals surface area contributed by atoms with Gasteiger partial charge < -0.3 is 4.74 Å². The van der Waals surface area contributed by atoms with Crippen molar-refractivity contribution in [2.45, 2.75) is 19.6 Å². The van der Waals surface area contributed by atoms with E-state index in [9.17, 15) is 9.59 Å². The first-order valence-corrected chi connectivity index (χ1v) is 9.78. The van der Waals surface area contributed by atoms with Gasteiger partial charge in [-0.3, -0.25) is 20.4 Å². The Morgan fingerprint density at radius 2 is 1.71 bits per heavy atom. The van der Waals surface area contributed by atoms with Gasteiger partial charge in [-0.15, -0.1) is 5.10 Å². The molecule has 0 unspecified atom stereocenters. The minimum Gasteiger partial charge on any atom is -0.481 e. The number of carbonyl (C=O) groups excluding carboxylic acids is 2. The van der Waals surface area contributed by atoms with Crippen LogP contribution in [0.4, 0.5) is 0 Å². The van der Waals surface area contributed by atoms with Crippen molar-refractivity contribution in [2.24, 2.45) is 0 Å². The summed E-state index contributed by atoms with van der Waals surface area (Å²) in [5.74, 6) is -0.486. The SMILES string of the molecule is C[C@H](Oc1ccc2ccccc2c1)C(=O)NNC(=O)c1cn(Cc2ccccc2)nn1. The minimum absolute atomic E-state index is 0.0966. The van der Waals surface area contributed by atoms with E-state index in [1.165, 1.54) is 6.20 Å². The van der Waals surface area contributed by atoms with E-state index in [1.54, 1.807) is 17.7 Å². The number of ether oxygens (including phenoxy) is 1. The highest BCUT2D eigenvalue weighted by molar-refractivity contribution is 5.93. The number of rotatable bonds is 6. The molecule has 0 spiro atoms. The predicted octanol–water partition coefficient (Wildman–Crippen LogP) is 2.71. The molecule has 0 saturated heterocycles. The molecule has 0 saturated carbocycles. The molecule has 0 aliphatic rings. The van der Waals surface area contributed by atoms with Crippen LogP contribution in [0.2, 0.25) is 0 Å². The second-order valence-electron chi connectivity index (χ2n) is 7.00. The van der Waals surface area contributed by atoms with Gasteiger partial charge in [0.2, 0.25) is 0 Å². The molecule has 4 aromatic rings. The first-order chi connectivity index (χ1) is 15.1. The molecule has 3 aromatic carbocycles. The summed E-state index contributed by atoms with van der Waals surface area (Å²) in [6.07, 6.45) is 0.707. The van der Waals surface area contributed by atoms with Gasteiger partial charge in [-0.1, -0.05) is 65.9 Å². The van der Waals surface area contributed by atoms with Crippen molar-refractivity contribution in [2.75, 3.05) is 0 Å².